The topological polar surface area (TPSA) is 37.4 Å². The molecule has 88 valence electrons. The molecule has 0 atom stereocenters. The van der Waals surface area contributed by atoms with Crippen molar-refractivity contribution in [3.63, 3.8) is 0 Å². The predicted octanol–water partition coefficient (Wildman–Crippen LogP) is 0.804. The molecule has 0 radical (unpaired) electrons. The number of rotatable bonds is 3. The zero-order chi connectivity index (χ0) is 11.4. The molecule has 0 aromatic carbocycles. The Kier molecular flexibility index (Phi) is 3.74. The van der Waals surface area contributed by atoms with Crippen LogP contribution in [0.25, 0.3) is 0 Å². The molecule has 0 amide bonds. The van der Waals surface area contributed by atoms with Gasteiger partial charge in [0.2, 0.25) is 5.88 Å². The molecular formula is C12H19N3O. The van der Waals surface area contributed by atoms with Crippen molar-refractivity contribution in [1.82, 2.24) is 15.2 Å². The molecular weight excluding hydrogens is 202 g/mol. The minimum Gasteiger partial charge on any atom is -0.481 e. The number of piperazine rings is 1. The van der Waals surface area contributed by atoms with Crippen molar-refractivity contribution in [2.45, 2.75) is 13.5 Å². The molecule has 1 aliphatic rings. The number of hydrogen-bond donors (Lipinski definition) is 1. The Hall–Kier alpha value is -1.13. The standard InChI is InChI=1S/C12H19N3O/c1-10-7-11(8-12(14-10)16-2)9-15-5-3-13-4-6-15/h7-8,13H,3-6,9H2,1-2H3. The zero-order valence-electron chi connectivity index (χ0n) is 9.99. The Bertz CT molecular complexity index is 348. The molecule has 4 heteroatoms. The van der Waals surface area contributed by atoms with Crippen LogP contribution in [0.1, 0.15) is 11.3 Å². The van der Waals surface area contributed by atoms with E-state index in [9.17, 15) is 0 Å². The monoisotopic (exact) mass is 221 g/mol. The Morgan fingerprint density at radius 2 is 2.12 bits per heavy atom. The van der Waals surface area contributed by atoms with E-state index >= 15 is 0 Å². The fourth-order valence-corrected chi connectivity index (χ4v) is 2.03. The molecule has 0 unspecified atom stereocenters. The minimum absolute atomic E-state index is 0.713. The number of aryl methyl sites for hydroxylation is 1. The van der Waals surface area contributed by atoms with Crippen molar-refractivity contribution in [2.24, 2.45) is 0 Å². The van der Waals surface area contributed by atoms with E-state index in [2.05, 4.69) is 21.3 Å². The van der Waals surface area contributed by atoms with E-state index in [0.29, 0.717) is 5.88 Å². The normalized spacial score (nSPS) is 17.4. The summed E-state index contributed by atoms with van der Waals surface area (Å²) in [6.45, 7) is 7.39. The van der Waals surface area contributed by atoms with Crippen LogP contribution in [0.2, 0.25) is 0 Å². The van der Waals surface area contributed by atoms with Gasteiger partial charge in [-0.05, 0) is 18.6 Å². The third-order valence-electron chi connectivity index (χ3n) is 2.81. The van der Waals surface area contributed by atoms with Gasteiger partial charge in [0.05, 0.1) is 7.11 Å². The van der Waals surface area contributed by atoms with Crippen LogP contribution in [0.15, 0.2) is 12.1 Å². The molecule has 16 heavy (non-hydrogen) atoms. The van der Waals surface area contributed by atoms with Crippen LogP contribution < -0.4 is 10.1 Å². The van der Waals surface area contributed by atoms with Crippen molar-refractivity contribution in [2.75, 3.05) is 33.3 Å². The Morgan fingerprint density at radius 1 is 1.38 bits per heavy atom. The van der Waals surface area contributed by atoms with Crippen LogP contribution >= 0.6 is 0 Å². The number of nitrogens with one attached hydrogen (secondary N) is 1. The molecule has 0 bridgehead atoms. The lowest BCUT2D eigenvalue weighted by molar-refractivity contribution is 0.233. The van der Waals surface area contributed by atoms with Gasteiger partial charge in [-0.15, -0.1) is 0 Å². The maximum Gasteiger partial charge on any atom is 0.213 e. The number of hydrogen-bond acceptors (Lipinski definition) is 4. The molecule has 2 heterocycles. The van der Waals surface area contributed by atoms with Crippen molar-refractivity contribution in [1.29, 1.82) is 0 Å². The summed E-state index contributed by atoms with van der Waals surface area (Å²) >= 11 is 0. The number of methoxy groups -OCH3 is 1. The van der Waals surface area contributed by atoms with Crippen molar-refractivity contribution >= 4 is 0 Å². The molecule has 0 aliphatic carbocycles. The van der Waals surface area contributed by atoms with Gasteiger partial charge in [0.15, 0.2) is 0 Å². The summed E-state index contributed by atoms with van der Waals surface area (Å²) in [4.78, 5) is 6.74. The Balaban J connectivity index is 2.04. The lowest BCUT2D eigenvalue weighted by Crippen LogP contribution is -2.42. The van der Waals surface area contributed by atoms with Gasteiger partial charge in [0.1, 0.15) is 0 Å². The van der Waals surface area contributed by atoms with Gasteiger partial charge in [-0.2, -0.15) is 0 Å². The Morgan fingerprint density at radius 3 is 2.81 bits per heavy atom. The number of nitrogens with zero attached hydrogens (tertiary/aromatic N) is 2. The number of pyridine rings is 1. The quantitative estimate of drug-likeness (QED) is 0.819. The molecule has 1 aromatic heterocycles. The largest absolute Gasteiger partial charge is 0.481 e. The molecule has 1 fully saturated rings. The average Bonchev–Trinajstić information content (AvgIpc) is 2.29. The van der Waals surface area contributed by atoms with Gasteiger partial charge in [-0.25, -0.2) is 4.98 Å². The summed E-state index contributed by atoms with van der Waals surface area (Å²) in [7, 11) is 1.66. The molecule has 2 rings (SSSR count). The maximum atomic E-state index is 5.18. The third-order valence-corrected chi connectivity index (χ3v) is 2.81. The minimum atomic E-state index is 0.713. The first kappa shape index (κ1) is 11.4. The van der Waals surface area contributed by atoms with Gasteiger partial charge in [0, 0.05) is 44.5 Å². The number of aromatic nitrogens is 1. The summed E-state index contributed by atoms with van der Waals surface area (Å²) in [6, 6.07) is 4.15. The van der Waals surface area contributed by atoms with Crippen molar-refractivity contribution in [3.05, 3.63) is 23.4 Å². The number of ether oxygens (including phenoxy) is 1. The highest BCUT2D eigenvalue weighted by atomic mass is 16.5. The first-order valence-corrected chi connectivity index (χ1v) is 5.72. The molecule has 0 spiro atoms. The second kappa shape index (κ2) is 5.27. The first-order valence-electron chi connectivity index (χ1n) is 5.72. The van der Waals surface area contributed by atoms with E-state index in [4.69, 9.17) is 4.74 Å². The summed E-state index contributed by atoms with van der Waals surface area (Å²) in [6.07, 6.45) is 0. The van der Waals surface area contributed by atoms with E-state index in [1.807, 2.05) is 13.0 Å². The molecule has 4 nitrogen and oxygen atoms in total. The van der Waals surface area contributed by atoms with Gasteiger partial charge in [0.25, 0.3) is 0 Å². The molecule has 0 saturated carbocycles. The zero-order valence-corrected chi connectivity index (χ0v) is 9.99. The highest BCUT2D eigenvalue weighted by molar-refractivity contribution is 5.24. The fraction of sp³-hybridized carbons (Fsp3) is 0.583. The van der Waals surface area contributed by atoms with Gasteiger partial charge >= 0.3 is 0 Å². The Labute approximate surface area is 96.6 Å². The molecule has 1 saturated heterocycles. The van der Waals surface area contributed by atoms with Crippen LogP contribution in [0.4, 0.5) is 0 Å². The smallest absolute Gasteiger partial charge is 0.213 e. The lowest BCUT2D eigenvalue weighted by Gasteiger charge is -2.27. The highest BCUT2D eigenvalue weighted by Crippen LogP contribution is 2.14. The van der Waals surface area contributed by atoms with E-state index in [1.54, 1.807) is 7.11 Å². The van der Waals surface area contributed by atoms with Gasteiger partial charge in [-0.1, -0.05) is 0 Å². The summed E-state index contributed by atoms with van der Waals surface area (Å²) in [5.41, 5.74) is 2.30. The van der Waals surface area contributed by atoms with E-state index in [0.717, 1.165) is 38.4 Å². The molecule has 1 aliphatic heterocycles. The summed E-state index contributed by atoms with van der Waals surface area (Å²) < 4.78 is 5.18. The second-order valence-electron chi connectivity index (χ2n) is 4.19. The van der Waals surface area contributed by atoms with E-state index < -0.39 is 0 Å². The molecule has 1 aromatic rings. The van der Waals surface area contributed by atoms with E-state index in [-0.39, 0.29) is 0 Å². The van der Waals surface area contributed by atoms with Crippen LogP contribution in [0.5, 0.6) is 5.88 Å². The second-order valence-corrected chi connectivity index (χ2v) is 4.19. The maximum absolute atomic E-state index is 5.18. The van der Waals surface area contributed by atoms with Gasteiger partial charge < -0.3 is 10.1 Å². The SMILES string of the molecule is COc1cc(CN2CCNCC2)cc(C)n1. The summed E-state index contributed by atoms with van der Waals surface area (Å²) in [5.74, 6) is 0.713. The van der Waals surface area contributed by atoms with Crippen molar-refractivity contribution in [3.8, 4) is 5.88 Å². The molecule has 1 N–H and O–H groups in total. The highest BCUT2D eigenvalue weighted by Gasteiger charge is 2.10. The van der Waals surface area contributed by atoms with Crippen molar-refractivity contribution < 1.29 is 4.74 Å². The van der Waals surface area contributed by atoms with Crippen LogP contribution in [0.3, 0.4) is 0 Å². The van der Waals surface area contributed by atoms with E-state index in [1.165, 1.54) is 5.56 Å². The van der Waals surface area contributed by atoms with Crippen LogP contribution in [-0.4, -0.2) is 43.2 Å². The third kappa shape index (κ3) is 2.93. The van der Waals surface area contributed by atoms with Crippen LogP contribution in [0, 0.1) is 6.92 Å². The fourth-order valence-electron chi connectivity index (χ4n) is 2.03. The lowest BCUT2D eigenvalue weighted by atomic mass is 10.2. The first-order chi connectivity index (χ1) is 7.78. The average molecular weight is 221 g/mol. The predicted molar refractivity (Wildman–Crippen MR) is 63.7 cm³/mol. The summed E-state index contributed by atoms with van der Waals surface area (Å²) in [5, 5.41) is 3.36. The van der Waals surface area contributed by atoms with Gasteiger partial charge in [-0.3, -0.25) is 4.90 Å². The van der Waals surface area contributed by atoms with Crippen LogP contribution in [-0.2, 0) is 6.54 Å².